The monoisotopic (exact) mass is 366 g/mol. The molecular formula is C22H26N2O3. The maximum absolute atomic E-state index is 12.3. The fraction of sp³-hybridized carbons (Fsp3) is 0.364. The Hall–Kier alpha value is -2.82. The van der Waals surface area contributed by atoms with Crippen LogP contribution in [0.15, 0.2) is 36.4 Å². The molecule has 0 bridgehead atoms. The second-order valence-electron chi connectivity index (χ2n) is 7.01. The van der Waals surface area contributed by atoms with Crippen molar-refractivity contribution in [3.63, 3.8) is 0 Å². The molecule has 0 saturated heterocycles. The molecule has 0 spiro atoms. The molecular weight excluding hydrogens is 340 g/mol. The van der Waals surface area contributed by atoms with Crippen molar-refractivity contribution in [3.8, 4) is 5.75 Å². The van der Waals surface area contributed by atoms with Gasteiger partial charge in [-0.1, -0.05) is 25.1 Å². The van der Waals surface area contributed by atoms with Crippen molar-refractivity contribution in [2.45, 2.75) is 40.2 Å². The quantitative estimate of drug-likeness (QED) is 0.879. The summed E-state index contributed by atoms with van der Waals surface area (Å²) >= 11 is 0. The van der Waals surface area contributed by atoms with Gasteiger partial charge in [-0.25, -0.2) is 0 Å². The number of benzene rings is 2. The van der Waals surface area contributed by atoms with Crippen LogP contribution in [0.1, 0.15) is 35.6 Å². The summed E-state index contributed by atoms with van der Waals surface area (Å²) in [6.45, 7) is 7.15. The van der Waals surface area contributed by atoms with Crippen molar-refractivity contribution in [3.05, 3.63) is 58.7 Å². The molecule has 2 aromatic rings. The minimum absolute atomic E-state index is 0.0399. The Balaban J connectivity index is 1.62. The molecule has 1 N–H and O–H groups in total. The van der Waals surface area contributed by atoms with Crippen LogP contribution in [-0.2, 0) is 22.6 Å². The fourth-order valence-electron chi connectivity index (χ4n) is 3.27. The van der Waals surface area contributed by atoms with Crippen molar-refractivity contribution in [1.29, 1.82) is 0 Å². The van der Waals surface area contributed by atoms with Gasteiger partial charge >= 0.3 is 0 Å². The van der Waals surface area contributed by atoms with Crippen molar-refractivity contribution in [2.24, 2.45) is 0 Å². The lowest BCUT2D eigenvalue weighted by molar-refractivity contribution is -0.131. The summed E-state index contributed by atoms with van der Waals surface area (Å²) in [5.74, 6) is 0.689. The van der Waals surface area contributed by atoms with Crippen LogP contribution < -0.4 is 10.1 Å². The van der Waals surface area contributed by atoms with E-state index in [4.69, 9.17) is 4.74 Å². The topological polar surface area (TPSA) is 58.6 Å². The van der Waals surface area contributed by atoms with Gasteiger partial charge in [-0.2, -0.15) is 0 Å². The van der Waals surface area contributed by atoms with Gasteiger partial charge in [0.05, 0.1) is 0 Å². The number of nitrogens with one attached hydrogen (secondary N) is 1. The zero-order valence-corrected chi connectivity index (χ0v) is 16.2. The first kappa shape index (κ1) is 19.0. The van der Waals surface area contributed by atoms with E-state index in [2.05, 4.69) is 5.32 Å². The number of rotatable bonds is 5. The number of nitrogens with zero attached hydrogens (tertiary/aromatic N) is 1. The lowest BCUT2D eigenvalue weighted by Crippen LogP contribution is -2.35. The average molecular weight is 366 g/mol. The molecule has 1 heterocycles. The highest BCUT2D eigenvalue weighted by molar-refractivity contribution is 5.92. The first-order valence-corrected chi connectivity index (χ1v) is 9.35. The van der Waals surface area contributed by atoms with Gasteiger partial charge < -0.3 is 15.0 Å². The molecule has 5 nitrogen and oxygen atoms in total. The van der Waals surface area contributed by atoms with E-state index in [1.807, 2.05) is 62.1 Å². The Kier molecular flexibility index (Phi) is 5.79. The summed E-state index contributed by atoms with van der Waals surface area (Å²) in [6.07, 6.45) is 1.37. The molecule has 0 fully saturated rings. The van der Waals surface area contributed by atoms with Gasteiger partial charge in [0.15, 0.2) is 6.61 Å². The van der Waals surface area contributed by atoms with Crippen LogP contribution in [0.3, 0.4) is 0 Å². The molecule has 1 aliphatic heterocycles. The summed E-state index contributed by atoms with van der Waals surface area (Å²) < 4.78 is 5.66. The molecule has 3 rings (SSSR count). The van der Waals surface area contributed by atoms with Gasteiger partial charge in [0, 0.05) is 25.2 Å². The minimum atomic E-state index is -0.201. The van der Waals surface area contributed by atoms with Crippen molar-refractivity contribution >= 4 is 17.5 Å². The number of ether oxygens (including phenoxy) is 1. The number of anilines is 1. The summed E-state index contributed by atoms with van der Waals surface area (Å²) in [7, 11) is 0. The van der Waals surface area contributed by atoms with Gasteiger partial charge in [0.25, 0.3) is 5.91 Å². The Morgan fingerprint density at radius 3 is 2.70 bits per heavy atom. The largest absolute Gasteiger partial charge is 0.483 e. The van der Waals surface area contributed by atoms with E-state index in [1.54, 1.807) is 0 Å². The Morgan fingerprint density at radius 2 is 1.93 bits per heavy atom. The molecule has 0 unspecified atom stereocenters. The molecule has 1 aliphatic rings. The van der Waals surface area contributed by atoms with Gasteiger partial charge in [-0.15, -0.1) is 0 Å². The molecule has 0 saturated carbocycles. The smallest absolute Gasteiger partial charge is 0.262 e. The van der Waals surface area contributed by atoms with E-state index in [-0.39, 0.29) is 18.4 Å². The number of carbonyl (C=O) groups excluding carboxylic acids is 2. The van der Waals surface area contributed by atoms with E-state index in [0.717, 1.165) is 41.1 Å². The number of aryl methyl sites for hydroxylation is 2. The Morgan fingerprint density at radius 1 is 1.11 bits per heavy atom. The van der Waals surface area contributed by atoms with Gasteiger partial charge in [-0.05, 0) is 60.7 Å². The maximum atomic E-state index is 12.3. The number of hydrogen-bond donors (Lipinski definition) is 1. The lowest BCUT2D eigenvalue weighted by Gasteiger charge is -2.29. The second kappa shape index (κ2) is 8.25. The van der Waals surface area contributed by atoms with Crippen LogP contribution in [0.5, 0.6) is 5.75 Å². The molecule has 2 amide bonds. The summed E-state index contributed by atoms with van der Waals surface area (Å²) in [6, 6.07) is 11.8. The van der Waals surface area contributed by atoms with Gasteiger partial charge in [-0.3, -0.25) is 9.59 Å². The zero-order chi connectivity index (χ0) is 19.4. The zero-order valence-electron chi connectivity index (χ0n) is 16.2. The van der Waals surface area contributed by atoms with Crippen LogP contribution in [0.4, 0.5) is 5.69 Å². The summed E-state index contributed by atoms with van der Waals surface area (Å²) in [5.41, 5.74) is 5.16. The van der Waals surface area contributed by atoms with Crippen molar-refractivity contribution < 1.29 is 14.3 Å². The second-order valence-corrected chi connectivity index (χ2v) is 7.01. The number of hydrogen-bond acceptors (Lipinski definition) is 3. The first-order chi connectivity index (χ1) is 13.0. The standard InChI is InChI=1S/C22H26N2O3/c1-4-22(26)24-10-9-17-7-8-19(12-18(17)13-24)23-21(25)14-27-20-11-15(2)5-6-16(20)3/h5-8,11-12H,4,9-10,13-14H2,1-3H3,(H,23,25). The molecule has 5 heteroatoms. The Labute approximate surface area is 160 Å². The Bertz CT molecular complexity index is 861. The van der Waals surface area contributed by atoms with Crippen molar-refractivity contribution in [1.82, 2.24) is 4.90 Å². The van der Waals surface area contributed by atoms with Crippen LogP contribution in [0.2, 0.25) is 0 Å². The molecule has 0 radical (unpaired) electrons. The molecule has 2 aromatic carbocycles. The average Bonchev–Trinajstić information content (AvgIpc) is 2.67. The summed E-state index contributed by atoms with van der Waals surface area (Å²) in [4.78, 5) is 26.1. The van der Waals surface area contributed by atoms with Gasteiger partial charge in [0.1, 0.15) is 5.75 Å². The fourth-order valence-corrected chi connectivity index (χ4v) is 3.27. The highest BCUT2D eigenvalue weighted by Crippen LogP contribution is 2.23. The molecule has 142 valence electrons. The normalized spacial score (nSPS) is 13.1. The molecule has 0 atom stereocenters. The SMILES string of the molecule is CCC(=O)N1CCc2ccc(NC(=O)COc3cc(C)ccc3C)cc2C1. The minimum Gasteiger partial charge on any atom is -0.483 e. The van der Waals surface area contributed by atoms with E-state index in [0.29, 0.717) is 13.0 Å². The summed E-state index contributed by atoms with van der Waals surface area (Å²) in [5, 5.41) is 2.89. The van der Waals surface area contributed by atoms with Crippen LogP contribution in [0, 0.1) is 13.8 Å². The van der Waals surface area contributed by atoms with Crippen LogP contribution >= 0.6 is 0 Å². The van der Waals surface area contributed by atoms with E-state index in [1.165, 1.54) is 5.56 Å². The third kappa shape index (κ3) is 4.67. The first-order valence-electron chi connectivity index (χ1n) is 9.35. The van der Waals surface area contributed by atoms with Crippen LogP contribution in [-0.4, -0.2) is 29.9 Å². The maximum Gasteiger partial charge on any atom is 0.262 e. The highest BCUT2D eigenvalue weighted by atomic mass is 16.5. The van der Waals surface area contributed by atoms with Crippen LogP contribution in [0.25, 0.3) is 0 Å². The lowest BCUT2D eigenvalue weighted by atomic mass is 9.99. The molecule has 0 aliphatic carbocycles. The van der Waals surface area contributed by atoms with E-state index < -0.39 is 0 Å². The van der Waals surface area contributed by atoms with E-state index in [9.17, 15) is 9.59 Å². The highest BCUT2D eigenvalue weighted by Gasteiger charge is 2.20. The predicted molar refractivity (Wildman–Crippen MR) is 106 cm³/mol. The predicted octanol–water partition coefficient (Wildman–Crippen LogP) is 3.62. The third-order valence-corrected chi connectivity index (χ3v) is 4.86. The van der Waals surface area contributed by atoms with Gasteiger partial charge in [0.2, 0.25) is 5.91 Å². The number of carbonyl (C=O) groups is 2. The number of fused-ring (bicyclic) bond motifs is 1. The third-order valence-electron chi connectivity index (χ3n) is 4.86. The number of amides is 2. The van der Waals surface area contributed by atoms with E-state index >= 15 is 0 Å². The molecule has 0 aromatic heterocycles. The van der Waals surface area contributed by atoms with Crippen molar-refractivity contribution in [2.75, 3.05) is 18.5 Å². The molecule has 27 heavy (non-hydrogen) atoms.